The third-order valence-corrected chi connectivity index (χ3v) is 1.49. The van der Waals surface area contributed by atoms with Crippen molar-refractivity contribution in [2.45, 2.75) is 0 Å². The first-order valence-electron chi connectivity index (χ1n) is 4.13. The minimum Gasteiger partial charge on any atom is -0.413 e. The van der Waals surface area contributed by atoms with Crippen LogP contribution >= 0.6 is 0 Å². The lowest BCUT2D eigenvalue weighted by Gasteiger charge is -2.06. The molecule has 0 aliphatic heterocycles. The molecule has 0 unspecified atom stereocenters. The van der Waals surface area contributed by atoms with Crippen molar-refractivity contribution >= 4 is 11.9 Å². The average molecular weight is 214 g/mol. The summed E-state index contributed by atoms with van der Waals surface area (Å²) >= 11 is 0. The van der Waals surface area contributed by atoms with Crippen molar-refractivity contribution in [2.24, 2.45) is 0 Å². The SMILES string of the molecule is C#CC(=O)Oc1ccccc1OC(=O)C#C. The largest absolute Gasteiger partial charge is 0.413 e. The highest BCUT2D eigenvalue weighted by Crippen LogP contribution is 2.26. The van der Waals surface area contributed by atoms with E-state index in [9.17, 15) is 9.59 Å². The number of benzene rings is 1. The number of para-hydroxylation sites is 2. The molecule has 1 aromatic carbocycles. The average Bonchev–Trinajstić information content (AvgIpc) is 2.31. The first kappa shape index (κ1) is 11.4. The number of terminal acetylenes is 2. The second-order valence-electron chi connectivity index (χ2n) is 2.51. The Morgan fingerprint density at radius 3 is 1.62 bits per heavy atom. The van der Waals surface area contributed by atoms with Gasteiger partial charge in [0.15, 0.2) is 11.5 Å². The molecule has 0 amide bonds. The van der Waals surface area contributed by atoms with Crippen LogP contribution in [0.3, 0.4) is 0 Å². The van der Waals surface area contributed by atoms with Crippen LogP contribution in [0.4, 0.5) is 0 Å². The number of carbonyl (C=O) groups excluding carboxylic acids is 2. The molecule has 0 saturated heterocycles. The molecule has 0 spiro atoms. The van der Waals surface area contributed by atoms with Gasteiger partial charge in [-0.05, 0) is 12.1 Å². The fourth-order valence-corrected chi connectivity index (χ4v) is 0.877. The zero-order valence-electron chi connectivity index (χ0n) is 8.10. The second-order valence-corrected chi connectivity index (χ2v) is 2.51. The van der Waals surface area contributed by atoms with E-state index in [0.717, 1.165) is 0 Å². The summed E-state index contributed by atoms with van der Waals surface area (Å²) in [6, 6.07) is 6.03. The molecule has 1 aromatic rings. The number of carbonyl (C=O) groups is 2. The molecule has 16 heavy (non-hydrogen) atoms. The minimum absolute atomic E-state index is 0.0362. The number of rotatable bonds is 2. The Hall–Kier alpha value is -2.72. The van der Waals surface area contributed by atoms with Gasteiger partial charge in [-0.1, -0.05) is 12.1 Å². The topological polar surface area (TPSA) is 52.6 Å². The van der Waals surface area contributed by atoms with E-state index in [4.69, 9.17) is 22.3 Å². The summed E-state index contributed by atoms with van der Waals surface area (Å²) in [6.45, 7) is 0. The zero-order chi connectivity index (χ0) is 12.0. The Morgan fingerprint density at radius 1 is 0.938 bits per heavy atom. The van der Waals surface area contributed by atoms with E-state index >= 15 is 0 Å². The maximum Gasteiger partial charge on any atom is 0.389 e. The molecule has 0 aliphatic carbocycles. The summed E-state index contributed by atoms with van der Waals surface area (Å²) < 4.78 is 9.44. The Labute approximate surface area is 92.2 Å². The van der Waals surface area contributed by atoms with E-state index in [1.165, 1.54) is 12.1 Å². The highest BCUT2D eigenvalue weighted by Gasteiger charge is 2.10. The summed E-state index contributed by atoms with van der Waals surface area (Å²) in [5.74, 6) is 1.83. The predicted octanol–water partition coefficient (Wildman–Crippen LogP) is 0.764. The van der Waals surface area contributed by atoms with Crippen LogP contribution in [0.1, 0.15) is 0 Å². The molecular formula is C12H6O4. The van der Waals surface area contributed by atoms with E-state index < -0.39 is 11.9 Å². The van der Waals surface area contributed by atoms with E-state index in [-0.39, 0.29) is 11.5 Å². The minimum atomic E-state index is -0.885. The van der Waals surface area contributed by atoms with E-state index in [1.807, 2.05) is 0 Å². The Morgan fingerprint density at radius 2 is 1.31 bits per heavy atom. The van der Waals surface area contributed by atoms with Crippen molar-refractivity contribution in [3.63, 3.8) is 0 Å². The van der Waals surface area contributed by atoms with Gasteiger partial charge in [0.2, 0.25) is 0 Å². The molecular weight excluding hydrogens is 208 g/mol. The number of esters is 2. The highest BCUT2D eigenvalue weighted by atomic mass is 16.6. The predicted molar refractivity (Wildman–Crippen MR) is 55.4 cm³/mol. The van der Waals surface area contributed by atoms with Crippen molar-refractivity contribution in [3.05, 3.63) is 24.3 Å². The summed E-state index contributed by atoms with van der Waals surface area (Å²) in [6.07, 6.45) is 9.67. The van der Waals surface area contributed by atoms with Gasteiger partial charge in [-0.3, -0.25) is 0 Å². The van der Waals surface area contributed by atoms with Gasteiger partial charge in [0.25, 0.3) is 0 Å². The van der Waals surface area contributed by atoms with E-state index in [0.29, 0.717) is 0 Å². The molecule has 4 nitrogen and oxygen atoms in total. The lowest BCUT2D eigenvalue weighted by Crippen LogP contribution is -2.08. The van der Waals surface area contributed by atoms with Crippen molar-refractivity contribution in [1.29, 1.82) is 0 Å². The van der Waals surface area contributed by atoms with Gasteiger partial charge in [-0.25, -0.2) is 9.59 Å². The number of hydrogen-bond donors (Lipinski definition) is 0. The van der Waals surface area contributed by atoms with Gasteiger partial charge in [-0.2, -0.15) is 0 Å². The first-order chi connectivity index (χ1) is 7.67. The summed E-state index contributed by atoms with van der Waals surface area (Å²) in [4.78, 5) is 21.7. The Kier molecular flexibility index (Phi) is 3.71. The van der Waals surface area contributed by atoms with Gasteiger partial charge in [0, 0.05) is 11.8 Å². The fraction of sp³-hybridized carbons (Fsp3) is 0. The van der Waals surface area contributed by atoms with Crippen molar-refractivity contribution < 1.29 is 19.1 Å². The smallest absolute Gasteiger partial charge is 0.389 e. The van der Waals surface area contributed by atoms with Crippen LogP contribution in [0.25, 0.3) is 0 Å². The molecule has 0 aromatic heterocycles. The molecule has 0 N–H and O–H groups in total. The third kappa shape index (κ3) is 2.90. The van der Waals surface area contributed by atoms with Crippen LogP contribution in [0.15, 0.2) is 24.3 Å². The van der Waals surface area contributed by atoms with Crippen molar-refractivity contribution in [1.82, 2.24) is 0 Å². The van der Waals surface area contributed by atoms with Crippen LogP contribution in [0.2, 0.25) is 0 Å². The summed E-state index contributed by atoms with van der Waals surface area (Å²) in [7, 11) is 0. The van der Waals surface area contributed by atoms with Gasteiger partial charge < -0.3 is 9.47 Å². The molecule has 0 saturated carbocycles. The van der Waals surface area contributed by atoms with Crippen LogP contribution in [0, 0.1) is 24.7 Å². The normalized spacial score (nSPS) is 8.38. The Bertz CT molecular complexity index is 455. The maximum atomic E-state index is 10.8. The summed E-state index contributed by atoms with van der Waals surface area (Å²) in [5, 5.41) is 0. The summed E-state index contributed by atoms with van der Waals surface area (Å²) in [5.41, 5.74) is 0. The van der Waals surface area contributed by atoms with Gasteiger partial charge in [0.05, 0.1) is 0 Å². The molecule has 0 fully saturated rings. The molecule has 4 heteroatoms. The molecule has 0 atom stereocenters. The highest BCUT2D eigenvalue weighted by molar-refractivity contribution is 5.91. The van der Waals surface area contributed by atoms with Crippen LogP contribution in [-0.4, -0.2) is 11.9 Å². The standard InChI is InChI=1S/C12H6O4/c1-3-11(13)15-9-7-5-6-8-10(9)16-12(14)4-2/h1-2,5-8H. The molecule has 1 rings (SSSR count). The Balaban J connectivity index is 2.93. The third-order valence-electron chi connectivity index (χ3n) is 1.49. The van der Waals surface area contributed by atoms with E-state index in [1.54, 1.807) is 24.0 Å². The number of hydrogen-bond acceptors (Lipinski definition) is 4. The van der Waals surface area contributed by atoms with Crippen LogP contribution in [0.5, 0.6) is 11.5 Å². The molecule has 78 valence electrons. The molecule has 0 aliphatic rings. The van der Waals surface area contributed by atoms with Gasteiger partial charge >= 0.3 is 11.9 Å². The quantitative estimate of drug-likeness (QED) is 0.316. The van der Waals surface area contributed by atoms with Gasteiger partial charge in [-0.15, -0.1) is 12.8 Å². The lowest BCUT2D eigenvalue weighted by atomic mass is 10.3. The zero-order valence-corrected chi connectivity index (χ0v) is 8.10. The van der Waals surface area contributed by atoms with Crippen molar-refractivity contribution in [3.8, 4) is 36.2 Å². The van der Waals surface area contributed by atoms with Gasteiger partial charge in [0.1, 0.15) is 0 Å². The second kappa shape index (κ2) is 5.23. The fourth-order valence-electron chi connectivity index (χ4n) is 0.877. The first-order valence-corrected chi connectivity index (χ1v) is 4.13. The van der Waals surface area contributed by atoms with Crippen LogP contribution < -0.4 is 9.47 Å². The monoisotopic (exact) mass is 214 g/mol. The lowest BCUT2D eigenvalue weighted by molar-refractivity contribution is -0.130. The molecule has 0 heterocycles. The van der Waals surface area contributed by atoms with Crippen LogP contribution in [-0.2, 0) is 9.59 Å². The maximum absolute atomic E-state index is 10.8. The van der Waals surface area contributed by atoms with E-state index in [2.05, 4.69) is 0 Å². The van der Waals surface area contributed by atoms with Crippen molar-refractivity contribution in [2.75, 3.05) is 0 Å². The number of ether oxygens (including phenoxy) is 2. The molecule has 0 bridgehead atoms. The molecule has 0 radical (unpaired) electrons.